The molecule has 0 saturated carbocycles. The van der Waals surface area contributed by atoms with Gasteiger partial charge in [-0.1, -0.05) is 6.08 Å². The molecule has 3 N–H and O–H groups in total. The molecule has 0 heterocycles. The van der Waals surface area contributed by atoms with E-state index in [4.69, 9.17) is 10.8 Å². The SMILES string of the molecule is CN(C=CCCO)C(N)=O. The molecule has 0 saturated heterocycles. The number of nitrogens with two attached hydrogens (primary N) is 1. The largest absolute Gasteiger partial charge is 0.396 e. The lowest BCUT2D eigenvalue weighted by Crippen LogP contribution is -2.26. The number of primary amides is 1. The zero-order valence-electron chi connectivity index (χ0n) is 5.95. The third-order valence-corrected chi connectivity index (χ3v) is 0.972. The molecule has 0 unspecified atom stereocenters. The first-order chi connectivity index (χ1) is 4.68. The summed E-state index contributed by atoms with van der Waals surface area (Å²) >= 11 is 0. The summed E-state index contributed by atoms with van der Waals surface area (Å²) in [4.78, 5) is 11.6. The minimum absolute atomic E-state index is 0.0864. The molecule has 0 aliphatic heterocycles. The van der Waals surface area contributed by atoms with Crippen LogP contribution in [0.25, 0.3) is 0 Å². The van der Waals surface area contributed by atoms with Gasteiger partial charge < -0.3 is 15.7 Å². The van der Waals surface area contributed by atoms with Gasteiger partial charge in [-0.15, -0.1) is 0 Å². The quantitative estimate of drug-likeness (QED) is 0.580. The predicted molar refractivity (Wildman–Crippen MR) is 38.2 cm³/mol. The maximum Gasteiger partial charge on any atom is 0.318 e. The monoisotopic (exact) mass is 144 g/mol. The Morgan fingerprint density at radius 2 is 2.40 bits per heavy atom. The van der Waals surface area contributed by atoms with E-state index in [-0.39, 0.29) is 6.61 Å². The molecule has 0 aromatic rings. The van der Waals surface area contributed by atoms with Crippen molar-refractivity contribution in [3.8, 4) is 0 Å². The number of nitrogens with zero attached hydrogens (tertiary/aromatic N) is 1. The molecule has 10 heavy (non-hydrogen) atoms. The number of rotatable bonds is 3. The van der Waals surface area contributed by atoms with Crippen LogP contribution in [0.3, 0.4) is 0 Å². The molecule has 0 aliphatic rings. The third kappa shape index (κ3) is 3.91. The van der Waals surface area contributed by atoms with Gasteiger partial charge in [0.1, 0.15) is 0 Å². The maximum atomic E-state index is 10.3. The van der Waals surface area contributed by atoms with E-state index in [0.717, 1.165) is 0 Å². The van der Waals surface area contributed by atoms with Crippen molar-refractivity contribution in [1.82, 2.24) is 4.90 Å². The fourth-order valence-electron chi connectivity index (χ4n) is 0.381. The third-order valence-electron chi connectivity index (χ3n) is 0.972. The molecule has 0 rings (SSSR count). The van der Waals surface area contributed by atoms with Crippen LogP contribution in [0.2, 0.25) is 0 Å². The summed E-state index contributed by atoms with van der Waals surface area (Å²) in [5.41, 5.74) is 4.89. The van der Waals surface area contributed by atoms with Crippen LogP contribution in [0.1, 0.15) is 6.42 Å². The summed E-state index contributed by atoms with van der Waals surface area (Å²) in [6.45, 7) is 0.0864. The molecular weight excluding hydrogens is 132 g/mol. The van der Waals surface area contributed by atoms with Gasteiger partial charge in [0.2, 0.25) is 0 Å². The summed E-state index contributed by atoms with van der Waals surface area (Å²) in [5, 5.41) is 8.33. The van der Waals surface area contributed by atoms with Crippen molar-refractivity contribution in [3.05, 3.63) is 12.3 Å². The fourth-order valence-corrected chi connectivity index (χ4v) is 0.381. The van der Waals surface area contributed by atoms with E-state index in [1.165, 1.54) is 11.1 Å². The molecule has 58 valence electrons. The topological polar surface area (TPSA) is 66.6 Å². The molecule has 0 aromatic carbocycles. The number of aliphatic hydroxyl groups excluding tert-OH is 1. The van der Waals surface area contributed by atoms with E-state index in [1.807, 2.05) is 0 Å². The summed E-state index contributed by atoms with van der Waals surface area (Å²) in [6, 6.07) is -0.505. The van der Waals surface area contributed by atoms with Crippen molar-refractivity contribution in [2.24, 2.45) is 5.73 Å². The van der Waals surface area contributed by atoms with E-state index in [0.29, 0.717) is 6.42 Å². The molecule has 4 nitrogen and oxygen atoms in total. The second kappa shape index (κ2) is 4.81. The lowest BCUT2D eigenvalue weighted by Gasteiger charge is -2.05. The van der Waals surface area contributed by atoms with E-state index in [1.54, 1.807) is 13.1 Å². The highest BCUT2D eigenvalue weighted by Crippen LogP contribution is 1.85. The number of carbonyl (C=O) groups is 1. The second-order valence-corrected chi connectivity index (χ2v) is 1.85. The van der Waals surface area contributed by atoms with Crippen LogP contribution in [-0.4, -0.2) is 29.7 Å². The van der Waals surface area contributed by atoms with Crippen molar-refractivity contribution < 1.29 is 9.90 Å². The minimum Gasteiger partial charge on any atom is -0.396 e. The number of urea groups is 1. The zero-order valence-corrected chi connectivity index (χ0v) is 5.95. The zero-order chi connectivity index (χ0) is 7.98. The average Bonchev–Trinajstić information content (AvgIpc) is 1.88. The van der Waals surface area contributed by atoms with Gasteiger partial charge in [0.25, 0.3) is 0 Å². The molecule has 2 amide bonds. The van der Waals surface area contributed by atoms with Crippen LogP contribution in [0, 0.1) is 0 Å². The Balaban J connectivity index is 3.55. The Labute approximate surface area is 59.9 Å². The highest BCUT2D eigenvalue weighted by atomic mass is 16.2. The van der Waals surface area contributed by atoms with Crippen LogP contribution in [-0.2, 0) is 0 Å². The first-order valence-electron chi connectivity index (χ1n) is 2.98. The predicted octanol–water partition coefficient (Wildman–Crippen LogP) is -0.107. The maximum absolute atomic E-state index is 10.3. The summed E-state index contributed by atoms with van der Waals surface area (Å²) in [7, 11) is 1.55. The van der Waals surface area contributed by atoms with Crippen LogP contribution < -0.4 is 5.73 Å². The van der Waals surface area contributed by atoms with Gasteiger partial charge >= 0.3 is 6.03 Å². The Kier molecular flexibility index (Phi) is 4.32. The number of carbonyl (C=O) groups excluding carboxylic acids is 1. The first-order valence-corrected chi connectivity index (χ1v) is 2.98. The smallest absolute Gasteiger partial charge is 0.318 e. The van der Waals surface area contributed by atoms with Crippen LogP contribution >= 0.6 is 0 Å². The average molecular weight is 144 g/mol. The number of aliphatic hydroxyl groups is 1. The number of hydrogen-bond donors (Lipinski definition) is 2. The molecule has 0 aromatic heterocycles. The van der Waals surface area contributed by atoms with Gasteiger partial charge in [0.15, 0.2) is 0 Å². The molecular formula is C6H12N2O2. The summed E-state index contributed by atoms with van der Waals surface area (Å²) < 4.78 is 0. The van der Waals surface area contributed by atoms with E-state index in [9.17, 15) is 4.79 Å². The van der Waals surface area contributed by atoms with Gasteiger partial charge in [0.05, 0.1) is 0 Å². The molecule has 0 fully saturated rings. The fraction of sp³-hybridized carbons (Fsp3) is 0.500. The molecule has 0 bridgehead atoms. The lowest BCUT2D eigenvalue weighted by atomic mass is 10.4. The van der Waals surface area contributed by atoms with Crippen molar-refractivity contribution in [3.63, 3.8) is 0 Å². The van der Waals surface area contributed by atoms with Crippen molar-refractivity contribution in [1.29, 1.82) is 0 Å². The van der Waals surface area contributed by atoms with Crippen molar-refractivity contribution in [2.75, 3.05) is 13.7 Å². The Hall–Kier alpha value is -1.03. The first kappa shape index (κ1) is 8.97. The highest BCUT2D eigenvalue weighted by molar-refractivity contribution is 5.72. The Morgan fingerprint density at radius 3 is 2.80 bits per heavy atom. The van der Waals surface area contributed by atoms with Crippen molar-refractivity contribution in [2.45, 2.75) is 6.42 Å². The lowest BCUT2D eigenvalue weighted by molar-refractivity contribution is 0.231. The van der Waals surface area contributed by atoms with E-state index < -0.39 is 6.03 Å². The Morgan fingerprint density at radius 1 is 1.80 bits per heavy atom. The minimum atomic E-state index is -0.505. The van der Waals surface area contributed by atoms with Crippen LogP contribution in [0.15, 0.2) is 12.3 Å². The van der Waals surface area contributed by atoms with Gasteiger partial charge in [-0.05, 0) is 6.42 Å². The number of amides is 2. The number of hydrogen-bond acceptors (Lipinski definition) is 2. The van der Waals surface area contributed by atoms with Crippen LogP contribution in [0.4, 0.5) is 4.79 Å². The second-order valence-electron chi connectivity index (χ2n) is 1.85. The van der Waals surface area contributed by atoms with Gasteiger partial charge in [-0.25, -0.2) is 4.79 Å². The highest BCUT2D eigenvalue weighted by Gasteiger charge is 1.94. The van der Waals surface area contributed by atoms with E-state index >= 15 is 0 Å². The molecule has 0 aliphatic carbocycles. The Bertz CT molecular complexity index is 134. The summed E-state index contributed by atoms with van der Waals surface area (Å²) in [5.74, 6) is 0. The molecule has 0 radical (unpaired) electrons. The molecule has 0 atom stereocenters. The molecule has 0 spiro atoms. The van der Waals surface area contributed by atoms with Crippen molar-refractivity contribution >= 4 is 6.03 Å². The normalized spacial score (nSPS) is 10.2. The summed E-state index contributed by atoms with van der Waals surface area (Å²) in [6.07, 6.45) is 3.74. The van der Waals surface area contributed by atoms with Gasteiger partial charge in [0, 0.05) is 19.9 Å². The molecule has 4 heteroatoms. The van der Waals surface area contributed by atoms with Crippen LogP contribution in [0.5, 0.6) is 0 Å². The van der Waals surface area contributed by atoms with Gasteiger partial charge in [-0.2, -0.15) is 0 Å². The van der Waals surface area contributed by atoms with Gasteiger partial charge in [-0.3, -0.25) is 0 Å². The standard InChI is InChI=1S/C6H12N2O2/c1-8(6(7)10)4-2-3-5-9/h2,4,9H,3,5H2,1H3,(H2,7,10). The van der Waals surface area contributed by atoms with E-state index in [2.05, 4.69) is 0 Å².